The van der Waals surface area contributed by atoms with Crippen molar-refractivity contribution in [2.24, 2.45) is 17.6 Å². The summed E-state index contributed by atoms with van der Waals surface area (Å²) in [6, 6.07) is 3.60. The lowest BCUT2D eigenvalue weighted by Gasteiger charge is -2.45. The van der Waals surface area contributed by atoms with Gasteiger partial charge in [0.05, 0.1) is 22.7 Å². The summed E-state index contributed by atoms with van der Waals surface area (Å²) in [5.74, 6) is 1.22. The molecule has 2 fully saturated rings. The number of hydrogen-bond acceptors (Lipinski definition) is 3. The largest absolute Gasteiger partial charge is 0.496 e. The fraction of sp³-hybridized carbons (Fsp3) is 0.588. The molecule has 2 aliphatic carbocycles. The lowest BCUT2D eigenvalue weighted by molar-refractivity contribution is 0.0753. The van der Waals surface area contributed by atoms with E-state index in [1.165, 1.54) is 13.5 Å². The molecular formula is C17H22Cl2N2O2. The molecule has 2 unspecified atom stereocenters. The summed E-state index contributed by atoms with van der Waals surface area (Å²) in [7, 11) is 1.52. The van der Waals surface area contributed by atoms with Crippen LogP contribution in [0.3, 0.4) is 0 Å². The van der Waals surface area contributed by atoms with Crippen molar-refractivity contribution in [2.45, 2.75) is 44.2 Å². The molecule has 1 aromatic carbocycles. The minimum Gasteiger partial charge on any atom is -0.496 e. The van der Waals surface area contributed by atoms with E-state index in [1.54, 1.807) is 12.1 Å². The molecule has 2 atom stereocenters. The highest BCUT2D eigenvalue weighted by molar-refractivity contribution is 6.42. The van der Waals surface area contributed by atoms with Crippen molar-refractivity contribution < 1.29 is 9.53 Å². The van der Waals surface area contributed by atoms with E-state index in [1.807, 2.05) is 0 Å². The van der Waals surface area contributed by atoms with Crippen LogP contribution in [0.15, 0.2) is 12.1 Å². The number of benzene rings is 1. The van der Waals surface area contributed by atoms with Crippen molar-refractivity contribution in [1.29, 1.82) is 0 Å². The average molecular weight is 357 g/mol. The highest BCUT2D eigenvalue weighted by Gasteiger charge is 2.40. The molecule has 23 heavy (non-hydrogen) atoms. The Morgan fingerprint density at radius 3 is 2.43 bits per heavy atom. The van der Waals surface area contributed by atoms with Gasteiger partial charge in [-0.15, -0.1) is 0 Å². The number of hydrogen-bond donors (Lipinski definition) is 2. The van der Waals surface area contributed by atoms with Crippen LogP contribution in [-0.2, 0) is 0 Å². The monoisotopic (exact) mass is 356 g/mol. The Bertz CT molecular complexity index is 595. The maximum Gasteiger partial charge on any atom is 0.255 e. The molecule has 3 rings (SSSR count). The first kappa shape index (κ1) is 16.9. The third-order valence-corrected chi connectivity index (χ3v) is 5.88. The second kappa shape index (κ2) is 6.88. The van der Waals surface area contributed by atoms with Crippen LogP contribution in [0.5, 0.6) is 5.75 Å². The summed E-state index contributed by atoms with van der Waals surface area (Å²) in [4.78, 5) is 12.7. The number of methoxy groups -OCH3 is 1. The fourth-order valence-corrected chi connectivity index (χ4v) is 4.45. The van der Waals surface area contributed by atoms with Crippen LogP contribution in [0, 0.1) is 11.8 Å². The number of halogens is 2. The standard InChI is InChI=1S/C17H22Cl2N2O2/c1-23-15-8-14(19)13(18)7-12(15)17(22)21-16-9-3-2-4-10(16)6-11(20)5-9/h7-11,16H,2-6,20H2,1H3,(H,21,22). The van der Waals surface area contributed by atoms with Crippen molar-refractivity contribution >= 4 is 29.1 Å². The summed E-state index contributed by atoms with van der Waals surface area (Å²) in [5.41, 5.74) is 6.57. The maximum absolute atomic E-state index is 12.7. The van der Waals surface area contributed by atoms with Gasteiger partial charge in [-0.25, -0.2) is 0 Å². The highest BCUT2D eigenvalue weighted by Crippen LogP contribution is 2.40. The summed E-state index contributed by atoms with van der Waals surface area (Å²) < 4.78 is 5.28. The number of ether oxygens (including phenoxy) is 1. The number of rotatable bonds is 3. The summed E-state index contributed by atoms with van der Waals surface area (Å²) in [5, 5.41) is 3.93. The number of carbonyl (C=O) groups excluding carboxylic acids is 1. The zero-order valence-corrected chi connectivity index (χ0v) is 14.7. The number of carbonyl (C=O) groups is 1. The fourth-order valence-electron chi connectivity index (χ4n) is 4.13. The third-order valence-electron chi connectivity index (χ3n) is 5.16. The van der Waals surface area contributed by atoms with Gasteiger partial charge in [0.15, 0.2) is 0 Å². The Morgan fingerprint density at radius 2 is 1.83 bits per heavy atom. The normalized spacial score (nSPS) is 29.9. The molecule has 1 amide bonds. The van der Waals surface area contributed by atoms with Crippen molar-refractivity contribution in [3.63, 3.8) is 0 Å². The van der Waals surface area contributed by atoms with Gasteiger partial charge in [-0.1, -0.05) is 29.6 Å². The average Bonchev–Trinajstić information content (AvgIpc) is 2.50. The number of nitrogens with one attached hydrogen (secondary N) is 1. The predicted molar refractivity (Wildman–Crippen MR) is 92.3 cm³/mol. The van der Waals surface area contributed by atoms with E-state index in [0.717, 1.165) is 25.7 Å². The number of nitrogens with two attached hydrogens (primary N) is 1. The van der Waals surface area contributed by atoms with Crippen molar-refractivity contribution in [3.8, 4) is 5.75 Å². The second-order valence-electron chi connectivity index (χ2n) is 6.65. The molecular weight excluding hydrogens is 335 g/mol. The van der Waals surface area contributed by atoms with Crippen molar-refractivity contribution in [1.82, 2.24) is 5.32 Å². The van der Waals surface area contributed by atoms with Crippen molar-refractivity contribution in [3.05, 3.63) is 27.7 Å². The van der Waals surface area contributed by atoms with Crippen LogP contribution in [0.2, 0.25) is 10.0 Å². The molecule has 6 heteroatoms. The van der Waals surface area contributed by atoms with E-state index < -0.39 is 0 Å². The molecule has 0 aliphatic heterocycles. The zero-order chi connectivity index (χ0) is 16.6. The summed E-state index contributed by atoms with van der Waals surface area (Å²) in [6.45, 7) is 0. The SMILES string of the molecule is COc1cc(Cl)c(Cl)cc1C(=O)NC1C2CCCC1CC(N)C2. The molecule has 4 nitrogen and oxygen atoms in total. The van der Waals surface area contributed by atoms with Crippen LogP contribution >= 0.6 is 23.2 Å². The van der Waals surface area contributed by atoms with Gasteiger partial charge in [0.1, 0.15) is 5.75 Å². The van der Waals surface area contributed by atoms with Crippen LogP contribution in [0.25, 0.3) is 0 Å². The Morgan fingerprint density at radius 1 is 1.22 bits per heavy atom. The smallest absolute Gasteiger partial charge is 0.255 e. The van der Waals surface area contributed by atoms with Crippen LogP contribution in [-0.4, -0.2) is 25.1 Å². The van der Waals surface area contributed by atoms with E-state index in [4.69, 9.17) is 33.7 Å². The second-order valence-corrected chi connectivity index (χ2v) is 7.46. The third kappa shape index (κ3) is 3.44. The topological polar surface area (TPSA) is 64.3 Å². The maximum atomic E-state index is 12.7. The molecule has 126 valence electrons. The van der Waals surface area contributed by atoms with Crippen LogP contribution in [0.1, 0.15) is 42.5 Å². The Labute approximate surface area is 146 Å². The van der Waals surface area contributed by atoms with E-state index in [2.05, 4.69) is 5.32 Å². The van der Waals surface area contributed by atoms with Gasteiger partial charge in [-0.2, -0.15) is 0 Å². The summed E-state index contributed by atoms with van der Waals surface area (Å²) in [6.07, 6.45) is 5.46. The molecule has 2 bridgehead atoms. The molecule has 0 saturated heterocycles. The van der Waals surface area contributed by atoms with E-state index in [0.29, 0.717) is 33.2 Å². The molecule has 0 aromatic heterocycles. The van der Waals surface area contributed by atoms with Gasteiger partial charge in [0.25, 0.3) is 5.91 Å². The number of amides is 1. The molecule has 2 aliphatic rings. The molecule has 1 aromatic rings. The van der Waals surface area contributed by atoms with Crippen LogP contribution in [0.4, 0.5) is 0 Å². The lowest BCUT2D eigenvalue weighted by atomic mass is 9.67. The van der Waals surface area contributed by atoms with E-state index in [9.17, 15) is 4.79 Å². The van der Waals surface area contributed by atoms with Crippen molar-refractivity contribution in [2.75, 3.05) is 7.11 Å². The quantitative estimate of drug-likeness (QED) is 0.868. The first-order chi connectivity index (χ1) is 11.0. The Kier molecular flexibility index (Phi) is 5.04. The molecule has 3 N–H and O–H groups in total. The first-order valence-corrected chi connectivity index (χ1v) is 8.84. The van der Waals surface area contributed by atoms with Gasteiger partial charge in [-0.05, 0) is 43.6 Å². The molecule has 0 heterocycles. The van der Waals surface area contributed by atoms with Gasteiger partial charge in [-0.3, -0.25) is 4.79 Å². The summed E-state index contributed by atoms with van der Waals surface area (Å²) >= 11 is 12.1. The van der Waals surface area contributed by atoms with Gasteiger partial charge < -0.3 is 15.8 Å². The molecule has 0 radical (unpaired) electrons. The van der Waals surface area contributed by atoms with Gasteiger partial charge in [0.2, 0.25) is 0 Å². The number of fused-ring (bicyclic) bond motifs is 2. The predicted octanol–water partition coefficient (Wildman–Crippen LogP) is 3.64. The highest BCUT2D eigenvalue weighted by atomic mass is 35.5. The molecule has 2 saturated carbocycles. The van der Waals surface area contributed by atoms with Gasteiger partial charge >= 0.3 is 0 Å². The van der Waals surface area contributed by atoms with E-state index >= 15 is 0 Å². The lowest BCUT2D eigenvalue weighted by Crippen LogP contribution is -2.53. The first-order valence-electron chi connectivity index (χ1n) is 8.09. The van der Waals surface area contributed by atoms with E-state index in [-0.39, 0.29) is 18.0 Å². The molecule has 0 spiro atoms. The Balaban J connectivity index is 1.80. The Hall–Kier alpha value is -0.970. The minimum atomic E-state index is -0.155. The minimum absolute atomic E-state index is 0.155. The zero-order valence-electron chi connectivity index (χ0n) is 13.1. The van der Waals surface area contributed by atoms with Gasteiger partial charge in [0, 0.05) is 18.2 Å². The van der Waals surface area contributed by atoms with Crippen LogP contribution < -0.4 is 15.8 Å².